The van der Waals surface area contributed by atoms with Crippen LogP contribution >= 0.6 is 0 Å². The highest BCUT2D eigenvalue weighted by molar-refractivity contribution is 6.15. The van der Waals surface area contributed by atoms with Crippen LogP contribution in [0.5, 0.6) is 0 Å². The molecule has 1 aliphatic rings. The number of hydrogen-bond donors (Lipinski definition) is 0. The zero-order valence-electron chi connectivity index (χ0n) is 16.0. The number of nitrogens with zero attached hydrogens (tertiary/aromatic N) is 3. The van der Waals surface area contributed by atoms with Crippen LogP contribution in [0.3, 0.4) is 0 Å². The molecule has 0 unspecified atom stereocenters. The number of benzene rings is 2. The van der Waals surface area contributed by atoms with Crippen LogP contribution in [0.1, 0.15) is 18.1 Å². The molecule has 2 aromatic rings. The number of carbonyl (C=O) groups is 2. The van der Waals surface area contributed by atoms with Crippen molar-refractivity contribution >= 4 is 35.2 Å². The molecule has 0 N–H and O–H groups in total. The van der Waals surface area contributed by atoms with Gasteiger partial charge in [-0.1, -0.05) is 0 Å². The Morgan fingerprint density at radius 2 is 1.20 bits per heavy atom. The zero-order chi connectivity index (χ0) is 21.8. The van der Waals surface area contributed by atoms with Crippen molar-refractivity contribution in [3.8, 4) is 0 Å². The van der Waals surface area contributed by atoms with E-state index in [0.29, 0.717) is 22.3 Å². The number of carbonyl (C=O) groups excluding carboxylic acids is 2. The summed E-state index contributed by atoms with van der Waals surface area (Å²) in [7, 11) is 0. The van der Waals surface area contributed by atoms with Crippen LogP contribution in [0.15, 0.2) is 59.7 Å². The largest absolute Gasteiger partial charge is 0.334 e. The molecule has 0 spiro atoms. The molecule has 30 heavy (non-hydrogen) atoms. The Balaban J connectivity index is 1.94. The fraction of sp³-hybridized carbons (Fsp3) is 0.143. The Hall–Kier alpha value is -4.14. The van der Waals surface area contributed by atoms with Crippen molar-refractivity contribution in [1.82, 2.24) is 4.90 Å². The summed E-state index contributed by atoms with van der Waals surface area (Å²) in [4.78, 5) is 47.0. The van der Waals surface area contributed by atoms with Gasteiger partial charge in [0.15, 0.2) is 5.78 Å². The highest BCUT2D eigenvalue weighted by Crippen LogP contribution is 2.24. The maximum atomic E-state index is 13.0. The summed E-state index contributed by atoms with van der Waals surface area (Å²) in [6.45, 7) is 1.66. The molecule has 2 aromatic carbocycles. The molecular weight excluding hydrogens is 390 g/mol. The highest BCUT2D eigenvalue weighted by Gasteiger charge is 2.27. The summed E-state index contributed by atoms with van der Waals surface area (Å²) in [5.41, 5.74) is 1.83. The molecular formula is C21H17N3O6. The van der Waals surface area contributed by atoms with Gasteiger partial charge in [0.1, 0.15) is 0 Å². The molecule has 1 fully saturated rings. The first-order valence-corrected chi connectivity index (χ1v) is 8.95. The summed E-state index contributed by atoms with van der Waals surface area (Å²) >= 11 is 0. The molecule has 1 saturated heterocycles. The van der Waals surface area contributed by atoms with E-state index in [9.17, 15) is 29.8 Å². The first-order chi connectivity index (χ1) is 14.2. The van der Waals surface area contributed by atoms with Gasteiger partial charge in [0, 0.05) is 55.4 Å². The van der Waals surface area contributed by atoms with Gasteiger partial charge in [-0.3, -0.25) is 29.8 Å². The lowest BCUT2D eigenvalue weighted by Crippen LogP contribution is -2.40. The molecule has 9 heteroatoms. The Bertz CT molecular complexity index is 1010. The van der Waals surface area contributed by atoms with Gasteiger partial charge in [-0.2, -0.15) is 0 Å². The second-order valence-electron chi connectivity index (χ2n) is 6.74. The fourth-order valence-electron chi connectivity index (χ4n) is 3.05. The van der Waals surface area contributed by atoms with Gasteiger partial charge in [-0.15, -0.1) is 0 Å². The van der Waals surface area contributed by atoms with E-state index in [1.54, 1.807) is 12.2 Å². The van der Waals surface area contributed by atoms with Gasteiger partial charge in [-0.25, -0.2) is 0 Å². The lowest BCUT2D eigenvalue weighted by atomic mass is 9.94. The fourth-order valence-corrected chi connectivity index (χ4v) is 3.05. The van der Waals surface area contributed by atoms with E-state index < -0.39 is 9.85 Å². The Labute approximate surface area is 171 Å². The van der Waals surface area contributed by atoms with Crippen molar-refractivity contribution in [2.75, 3.05) is 13.1 Å². The zero-order valence-corrected chi connectivity index (χ0v) is 16.0. The van der Waals surface area contributed by atoms with Gasteiger partial charge in [-0.05, 0) is 47.5 Å². The second kappa shape index (κ2) is 8.48. The van der Waals surface area contributed by atoms with E-state index >= 15 is 0 Å². The van der Waals surface area contributed by atoms with E-state index in [1.165, 1.54) is 60.4 Å². The highest BCUT2D eigenvalue weighted by atomic mass is 16.6. The number of piperidine rings is 1. The maximum absolute atomic E-state index is 13.0. The molecule has 0 atom stereocenters. The molecule has 1 heterocycles. The van der Waals surface area contributed by atoms with Crippen molar-refractivity contribution < 1.29 is 19.4 Å². The number of amides is 1. The van der Waals surface area contributed by atoms with Gasteiger partial charge in [0.25, 0.3) is 11.4 Å². The van der Waals surface area contributed by atoms with E-state index in [4.69, 9.17) is 0 Å². The van der Waals surface area contributed by atoms with E-state index in [0.717, 1.165) is 0 Å². The first kappa shape index (κ1) is 20.6. The minimum absolute atomic E-state index is 0.0590. The number of nitro groups is 2. The molecule has 0 bridgehead atoms. The van der Waals surface area contributed by atoms with Crippen molar-refractivity contribution in [3.05, 3.63) is 91.0 Å². The number of nitro benzene ring substituents is 2. The normalized spacial score (nSPS) is 16.7. The van der Waals surface area contributed by atoms with E-state index in [1.807, 2.05) is 0 Å². The third-order valence-electron chi connectivity index (χ3n) is 4.64. The van der Waals surface area contributed by atoms with Crippen LogP contribution < -0.4 is 0 Å². The lowest BCUT2D eigenvalue weighted by molar-refractivity contribution is -0.385. The van der Waals surface area contributed by atoms with Crippen LogP contribution in [0.4, 0.5) is 11.4 Å². The van der Waals surface area contributed by atoms with Gasteiger partial charge in [0.05, 0.1) is 9.85 Å². The maximum Gasteiger partial charge on any atom is 0.269 e. The second-order valence-corrected chi connectivity index (χ2v) is 6.74. The van der Waals surface area contributed by atoms with Crippen molar-refractivity contribution in [3.63, 3.8) is 0 Å². The van der Waals surface area contributed by atoms with Crippen molar-refractivity contribution in [1.29, 1.82) is 0 Å². The molecule has 152 valence electrons. The molecule has 0 saturated carbocycles. The number of ketones is 1. The molecule has 9 nitrogen and oxygen atoms in total. The summed E-state index contributed by atoms with van der Waals surface area (Å²) < 4.78 is 0. The van der Waals surface area contributed by atoms with Crippen LogP contribution in [0, 0.1) is 20.2 Å². The van der Waals surface area contributed by atoms with Gasteiger partial charge in [0.2, 0.25) is 5.91 Å². The average molecular weight is 407 g/mol. The van der Waals surface area contributed by atoms with Crippen LogP contribution in [-0.2, 0) is 9.59 Å². The van der Waals surface area contributed by atoms with E-state index in [-0.39, 0.29) is 36.2 Å². The number of non-ortho nitro benzene ring substituents is 2. The molecule has 0 radical (unpaired) electrons. The Morgan fingerprint density at radius 3 is 1.50 bits per heavy atom. The summed E-state index contributed by atoms with van der Waals surface area (Å²) in [5.74, 6) is -0.448. The number of rotatable bonds is 4. The quantitative estimate of drug-likeness (QED) is 0.435. The smallest absolute Gasteiger partial charge is 0.269 e. The van der Waals surface area contributed by atoms with Crippen molar-refractivity contribution in [2.24, 2.45) is 0 Å². The lowest BCUT2D eigenvalue weighted by Gasteiger charge is -2.29. The Morgan fingerprint density at radius 1 is 0.833 bits per heavy atom. The van der Waals surface area contributed by atoms with Crippen LogP contribution in [0.2, 0.25) is 0 Å². The standard InChI is InChI=1S/C21H17N3O6/c1-14(25)22-12-17(10-15-2-6-19(7-3-15)23(27)28)21(26)18(13-22)11-16-4-8-20(9-5-16)24(29)30/h2-11H,12-13H2,1H3/b17-10+,18-11+. The SMILES string of the molecule is CC(=O)N1C/C(=C\c2ccc([N+](=O)[O-])cc2)C(=O)/C(=C/c2ccc([N+](=O)[O-])cc2)C1. The molecule has 0 aliphatic carbocycles. The average Bonchev–Trinajstić information content (AvgIpc) is 2.71. The molecule has 0 aromatic heterocycles. The summed E-state index contributed by atoms with van der Waals surface area (Å²) in [6, 6.07) is 11.5. The minimum atomic E-state index is -0.509. The molecule has 1 aliphatic heterocycles. The van der Waals surface area contributed by atoms with Gasteiger partial charge >= 0.3 is 0 Å². The Kier molecular flexibility index (Phi) is 5.82. The summed E-state index contributed by atoms with van der Waals surface area (Å²) in [5, 5.41) is 21.6. The van der Waals surface area contributed by atoms with Crippen molar-refractivity contribution in [2.45, 2.75) is 6.92 Å². The third kappa shape index (κ3) is 4.64. The predicted octanol–water partition coefficient (Wildman–Crippen LogP) is 3.40. The van der Waals surface area contributed by atoms with E-state index in [2.05, 4.69) is 0 Å². The minimum Gasteiger partial charge on any atom is -0.334 e. The molecule has 1 amide bonds. The number of hydrogen-bond acceptors (Lipinski definition) is 6. The monoisotopic (exact) mass is 407 g/mol. The first-order valence-electron chi connectivity index (χ1n) is 8.95. The van der Waals surface area contributed by atoms with Crippen LogP contribution in [-0.4, -0.2) is 39.5 Å². The van der Waals surface area contributed by atoms with Crippen LogP contribution in [0.25, 0.3) is 12.2 Å². The topological polar surface area (TPSA) is 124 Å². The number of likely N-dealkylation sites (tertiary alicyclic amines) is 1. The predicted molar refractivity (Wildman–Crippen MR) is 109 cm³/mol. The third-order valence-corrected chi connectivity index (χ3v) is 4.64. The number of Topliss-reactive ketones (excluding diaryl/α,β-unsaturated/α-hetero) is 1. The van der Waals surface area contributed by atoms with Gasteiger partial charge < -0.3 is 4.90 Å². The summed E-state index contributed by atoms with van der Waals surface area (Å²) in [6.07, 6.45) is 3.20. The molecule has 3 rings (SSSR count).